The minimum atomic E-state index is -3.53. The van der Waals surface area contributed by atoms with Gasteiger partial charge < -0.3 is 4.90 Å². The molecule has 1 saturated heterocycles. The molecule has 1 aliphatic heterocycles. The highest BCUT2D eigenvalue weighted by Gasteiger charge is 2.19. The number of nitrogens with one attached hydrogen (secondary N) is 1. The van der Waals surface area contributed by atoms with Crippen LogP contribution in [0.4, 0.5) is 5.69 Å². The number of rotatable bonds is 7. The molecule has 0 aliphatic carbocycles. The SMILES string of the molecule is C=CC(=O)N1CCN(Cc2cccc(NS(=O)(=O)Cc3ccc(Cl)cc3)c2)CC1. The van der Waals surface area contributed by atoms with Crippen LogP contribution in [0.1, 0.15) is 11.1 Å². The third-order valence-corrected chi connectivity index (χ3v) is 6.25. The van der Waals surface area contributed by atoms with Gasteiger partial charge in [0.25, 0.3) is 0 Å². The van der Waals surface area contributed by atoms with Gasteiger partial charge in [0.05, 0.1) is 5.75 Å². The maximum absolute atomic E-state index is 12.5. The Kier molecular flexibility index (Phi) is 6.95. The van der Waals surface area contributed by atoms with Crippen LogP contribution >= 0.6 is 11.6 Å². The van der Waals surface area contributed by atoms with Crippen LogP contribution in [0.2, 0.25) is 5.02 Å². The van der Waals surface area contributed by atoms with E-state index < -0.39 is 10.0 Å². The van der Waals surface area contributed by atoms with E-state index in [0.717, 1.165) is 18.7 Å². The molecule has 0 spiro atoms. The molecule has 0 unspecified atom stereocenters. The van der Waals surface area contributed by atoms with Crippen LogP contribution in [0.15, 0.2) is 61.2 Å². The van der Waals surface area contributed by atoms with E-state index in [4.69, 9.17) is 11.6 Å². The molecule has 154 valence electrons. The highest BCUT2D eigenvalue weighted by atomic mass is 35.5. The number of halogens is 1. The average molecular weight is 434 g/mol. The van der Waals surface area contributed by atoms with Gasteiger partial charge >= 0.3 is 0 Å². The zero-order chi connectivity index (χ0) is 20.9. The van der Waals surface area contributed by atoms with Gasteiger partial charge in [-0.3, -0.25) is 14.4 Å². The van der Waals surface area contributed by atoms with Crippen molar-refractivity contribution in [1.82, 2.24) is 9.80 Å². The number of carbonyl (C=O) groups is 1. The number of hydrogen-bond donors (Lipinski definition) is 1. The lowest BCUT2D eigenvalue weighted by Gasteiger charge is -2.34. The highest BCUT2D eigenvalue weighted by molar-refractivity contribution is 7.91. The maximum atomic E-state index is 12.5. The normalized spacial score (nSPS) is 15.1. The fraction of sp³-hybridized carbons (Fsp3) is 0.286. The number of anilines is 1. The zero-order valence-corrected chi connectivity index (χ0v) is 17.6. The van der Waals surface area contributed by atoms with E-state index in [2.05, 4.69) is 16.2 Å². The van der Waals surface area contributed by atoms with Crippen molar-refractivity contribution in [3.8, 4) is 0 Å². The minimum absolute atomic E-state index is 0.0401. The van der Waals surface area contributed by atoms with Gasteiger partial charge in [0.1, 0.15) is 0 Å². The van der Waals surface area contributed by atoms with Crippen molar-refractivity contribution in [2.75, 3.05) is 30.9 Å². The Bertz CT molecular complexity index is 969. The molecule has 0 bridgehead atoms. The predicted octanol–water partition coefficient (Wildman–Crippen LogP) is 3.11. The first-order valence-electron chi connectivity index (χ1n) is 9.32. The summed E-state index contributed by atoms with van der Waals surface area (Å²) in [5.74, 6) is -0.157. The molecule has 1 fully saturated rings. The first-order valence-corrected chi connectivity index (χ1v) is 11.4. The van der Waals surface area contributed by atoms with Crippen molar-refractivity contribution in [3.63, 3.8) is 0 Å². The summed E-state index contributed by atoms with van der Waals surface area (Å²) >= 11 is 5.85. The van der Waals surface area contributed by atoms with Crippen LogP contribution in [0.5, 0.6) is 0 Å². The van der Waals surface area contributed by atoms with Crippen LogP contribution in [0, 0.1) is 0 Å². The van der Waals surface area contributed by atoms with Crippen LogP contribution in [0.3, 0.4) is 0 Å². The van der Waals surface area contributed by atoms with Crippen LogP contribution in [-0.2, 0) is 27.1 Å². The number of nitrogens with zero attached hydrogens (tertiary/aromatic N) is 2. The third-order valence-electron chi connectivity index (χ3n) is 4.74. The Morgan fingerprint density at radius 1 is 1.07 bits per heavy atom. The molecule has 0 aromatic heterocycles. The molecule has 1 heterocycles. The maximum Gasteiger partial charge on any atom is 0.246 e. The molecule has 1 N–H and O–H groups in total. The van der Waals surface area contributed by atoms with Gasteiger partial charge in [-0.05, 0) is 41.5 Å². The van der Waals surface area contributed by atoms with E-state index in [0.29, 0.717) is 35.9 Å². The lowest BCUT2D eigenvalue weighted by molar-refractivity contribution is -0.127. The number of carbonyl (C=O) groups excluding carboxylic acids is 1. The zero-order valence-electron chi connectivity index (χ0n) is 16.1. The van der Waals surface area contributed by atoms with E-state index in [9.17, 15) is 13.2 Å². The first kappa shape index (κ1) is 21.4. The lowest BCUT2D eigenvalue weighted by atomic mass is 10.2. The van der Waals surface area contributed by atoms with Gasteiger partial charge in [-0.1, -0.05) is 42.4 Å². The summed E-state index contributed by atoms with van der Waals surface area (Å²) in [4.78, 5) is 15.7. The molecule has 8 heteroatoms. The number of benzene rings is 2. The van der Waals surface area contributed by atoms with Crippen LogP contribution in [0.25, 0.3) is 0 Å². The fourth-order valence-corrected chi connectivity index (χ4v) is 4.58. The van der Waals surface area contributed by atoms with Gasteiger partial charge in [-0.25, -0.2) is 8.42 Å². The van der Waals surface area contributed by atoms with E-state index >= 15 is 0 Å². The molecule has 2 aromatic rings. The van der Waals surface area contributed by atoms with Gasteiger partial charge in [0, 0.05) is 43.4 Å². The molecule has 3 rings (SSSR count). The van der Waals surface area contributed by atoms with Crippen molar-refractivity contribution in [3.05, 3.63) is 77.3 Å². The Hall–Kier alpha value is -2.35. The quantitative estimate of drug-likeness (QED) is 0.681. The van der Waals surface area contributed by atoms with Crippen molar-refractivity contribution in [2.45, 2.75) is 12.3 Å². The molecular weight excluding hydrogens is 410 g/mol. The molecule has 0 saturated carbocycles. The predicted molar refractivity (Wildman–Crippen MR) is 116 cm³/mol. The molecule has 1 amide bonds. The molecule has 29 heavy (non-hydrogen) atoms. The molecule has 6 nitrogen and oxygen atoms in total. The van der Waals surface area contributed by atoms with E-state index in [1.807, 2.05) is 18.2 Å². The van der Waals surface area contributed by atoms with Crippen LogP contribution < -0.4 is 4.72 Å². The Morgan fingerprint density at radius 3 is 2.41 bits per heavy atom. The number of hydrogen-bond acceptors (Lipinski definition) is 4. The Morgan fingerprint density at radius 2 is 1.76 bits per heavy atom. The topological polar surface area (TPSA) is 69.7 Å². The second-order valence-electron chi connectivity index (χ2n) is 6.99. The molecule has 1 aliphatic rings. The summed E-state index contributed by atoms with van der Waals surface area (Å²) < 4.78 is 27.6. The molecular formula is C21H24ClN3O3S. The summed E-state index contributed by atoms with van der Waals surface area (Å²) in [6, 6.07) is 14.2. The summed E-state index contributed by atoms with van der Waals surface area (Å²) in [5, 5.41) is 0.571. The minimum Gasteiger partial charge on any atom is -0.337 e. The van der Waals surface area contributed by atoms with Gasteiger partial charge in [-0.15, -0.1) is 0 Å². The summed E-state index contributed by atoms with van der Waals surface area (Å²) in [7, 11) is -3.53. The summed E-state index contributed by atoms with van der Waals surface area (Å²) in [6.07, 6.45) is 1.34. The number of amides is 1. The van der Waals surface area contributed by atoms with Gasteiger partial charge in [-0.2, -0.15) is 0 Å². The summed E-state index contributed by atoms with van der Waals surface area (Å²) in [5.41, 5.74) is 2.22. The van der Waals surface area contributed by atoms with Gasteiger partial charge in [0.2, 0.25) is 15.9 Å². The van der Waals surface area contributed by atoms with Crippen molar-refractivity contribution >= 4 is 33.2 Å². The van der Waals surface area contributed by atoms with Crippen LogP contribution in [-0.4, -0.2) is 50.3 Å². The third kappa shape index (κ3) is 6.32. The summed E-state index contributed by atoms with van der Waals surface area (Å²) in [6.45, 7) is 7.09. The first-order chi connectivity index (χ1) is 13.8. The number of sulfonamides is 1. The number of piperazine rings is 1. The molecule has 0 atom stereocenters. The largest absolute Gasteiger partial charge is 0.337 e. The molecule has 0 radical (unpaired) electrons. The smallest absolute Gasteiger partial charge is 0.246 e. The standard InChI is InChI=1S/C21H24ClN3O3S/c1-2-21(26)25-12-10-24(11-13-25)15-18-4-3-5-20(14-18)23-29(27,28)16-17-6-8-19(22)9-7-17/h2-9,14,23H,1,10-13,15-16H2. The second kappa shape index (κ2) is 9.43. The van der Waals surface area contributed by atoms with Crippen molar-refractivity contribution in [1.29, 1.82) is 0 Å². The second-order valence-corrected chi connectivity index (χ2v) is 9.15. The van der Waals surface area contributed by atoms with Crippen molar-refractivity contribution in [2.24, 2.45) is 0 Å². The van der Waals surface area contributed by atoms with E-state index in [1.165, 1.54) is 6.08 Å². The van der Waals surface area contributed by atoms with Crippen molar-refractivity contribution < 1.29 is 13.2 Å². The highest BCUT2D eigenvalue weighted by Crippen LogP contribution is 2.18. The van der Waals surface area contributed by atoms with Gasteiger partial charge in [0.15, 0.2) is 0 Å². The Balaban J connectivity index is 1.58. The van der Waals surface area contributed by atoms with E-state index in [-0.39, 0.29) is 11.7 Å². The molecule has 2 aromatic carbocycles. The Labute approximate surface area is 176 Å². The fourth-order valence-electron chi connectivity index (χ4n) is 3.26. The monoisotopic (exact) mass is 433 g/mol. The van der Waals surface area contributed by atoms with E-state index in [1.54, 1.807) is 35.2 Å². The lowest BCUT2D eigenvalue weighted by Crippen LogP contribution is -2.47. The average Bonchev–Trinajstić information content (AvgIpc) is 2.69.